The van der Waals surface area contributed by atoms with E-state index in [1.165, 1.54) is 17.8 Å². The number of hydrogen-bond acceptors (Lipinski definition) is 4. The molecule has 0 unspecified atom stereocenters. The third kappa shape index (κ3) is 2.19. The Morgan fingerprint density at radius 1 is 1.62 bits per heavy atom. The Morgan fingerprint density at radius 2 is 2.31 bits per heavy atom. The maximum absolute atomic E-state index is 10.5. The first-order valence-corrected chi connectivity index (χ1v) is 4.71. The van der Waals surface area contributed by atoms with Crippen molar-refractivity contribution in [1.29, 1.82) is 0 Å². The van der Waals surface area contributed by atoms with Gasteiger partial charge < -0.3 is 5.11 Å². The van der Waals surface area contributed by atoms with Crippen LogP contribution in [-0.4, -0.2) is 16.3 Å². The van der Waals surface area contributed by atoms with E-state index in [9.17, 15) is 10.1 Å². The Bertz CT molecular complexity index is 327. The number of nitro groups is 1. The van der Waals surface area contributed by atoms with E-state index < -0.39 is 4.92 Å². The van der Waals surface area contributed by atoms with Crippen LogP contribution in [0.25, 0.3) is 0 Å². The first kappa shape index (κ1) is 10.0. The summed E-state index contributed by atoms with van der Waals surface area (Å²) >= 11 is 1.31. The minimum absolute atomic E-state index is 0.0234. The standard InChI is InChI=1S/C8H8NO3S/c1-13-8-3-2-6(5-10)4-7(8)9(11)12/h2-5,10H,1H3. The van der Waals surface area contributed by atoms with E-state index in [1.807, 2.05) is 0 Å². The number of thioether (sulfide) groups is 1. The van der Waals surface area contributed by atoms with Gasteiger partial charge in [-0.05, 0) is 17.9 Å². The molecule has 0 spiro atoms. The SMILES string of the molecule is CSc1ccc([CH]O)cc1[N+](=O)[O-]. The van der Waals surface area contributed by atoms with E-state index in [-0.39, 0.29) is 5.69 Å². The molecule has 1 aromatic rings. The molecule has 0 heterocycles. The van der Waals surface area contributed by atoms with Gasteiger partial charge in [0.2, 0.25) is 0 Å². The molecule has 0 amide bonds. The highest BCUT2D eigenvalue weighted by molar-refractivity contribution is 7.98. The van der Waals surface area contributed by atoms with Gasteiger partial charge in [-0.3, -0.25) is 10.1 Å². The van der Waals surface area contributed by atoms with Crippen LogP contribution in [0, 0.1) is 16.7 Å². The molecule has 1 rings (SSSR count). The number of aliphatic hydroxyl groups is 1. The summed E-state index contributed by atoms with van der Waals surface area (Å²) in [6, 6.07) is 4.58. The molecule has 0 saturated heterocycles. The molecule has 0 atom stereocenters. The number of aliphatic hydroxyl groups excluding tert-OH is 1. The zero-order valence-corrected chi connectivity index (χ0v) is 7.75. The third-order valence-electron chi connectivity index (χ3n) is 1.55. The zero-order valence-electron chi connectivity index (χ0n) is 6.93. The molecule has 0 aliphatic rings. The highest BCUT2D eigenvalue weighted by Crippen LogP contribution is 2.28. The van der Waals surface area contributed by atoms with Crippen LogP contribution >= 0.6 is 11.8 Å². The number of hydrogen-bond donors (Lipinski definition) is 1. The lowest BCUT2D eigenvalue weighted by atomic mass is 10.2. The van der Waals surface area contributed by atoms with Gasteiger partial charge in [0.1, 0.15) is 6.61 Å². The normalized spacial score (nSPS) is 10.0. The smallest absolute Gasteiger partial charge is 0.283 e. The van der Waals surface area contributed by atoms with Gasteiger partial charge in [-0.25, -0.2) is 0 Å². The van der Waals surface area contributed by atoms with E-state index in [4.69, 9.17) is 5.11 Å². The average molecular weight is 198 g/mol. The fourth-order valence-electron chi connectivity index (χ4n) is 0.930. The minimum Gasteiger partial charge on any atom is -0.385 e. The van der Waals surface area contributed by atoms with Gasteiger partial charge in [-0.2, -0.15) is 0 Å². The average Bonchev–Trinajstić information content (AvgIpc) is 2.16. The summed E-state index contributed by atoms with van der Waals surface area (Å²) in [5.41, 5.74) is 0.458. The molecule has 1 aromatic carbocycles. The van der Waals surface area contributed by atoms with Crippen molar-refractivity contribution in [3.63, 3.8) is 0 Å². The second-order valence-corrected chi connectivity index (χ2v) is 3.17. The maximum atomic E-state index is 10.5. The van der Waals surface area contributed by atoms with Crippen LogP contribution in [0.4, 0.5) is 5.69 Å². The van der Waals surface area contributed by atoms with Gasteiger partial charge >= 0.3 is 0 Å². The van der Waals surface area contributed by atoms with Crippen molar-refractivity contribution in [3.8, 4) is 0 Å². The van der Waals surface area contributed by atoms with E-state index in [0.717, 1.165) is 6.61 Å². The fourth-order valence-corrected chi connectivity index (χ4v) is 1.48. The van der Waals surface area contributed by atoms with Crippen LogP contribution in [-0.2, 0) is 0 Å². The molecule has 0 bridgehead atoms. The molecule has 0 saturated carbocycles. The summed E-state index contributed by atoms with van der Waals surface area (Å²) < 4.78 is 0. The molecular formula is C8H8NO3S. The Kier molecular flexibility index (Phi) is 3.27. The minimum atomic E-state index is -0.459. The molecule has 5 heteroatoms. The summed E-state index contributed by atoms with van der Waals surface area (Å²) in [5.74, 6) is 0. The van der Waals surface area contributed by atoms with E-state index in [1.54, 1.807) is 18.4 Å². The first-order valence-electron chi connectivity index (χ1n) is 3.49. The highest BCUT2D eigenvalue weighted by atomic mass is 32.2. The highest BCUT2D eigenvalue weighted by Gasteiger charge is 2.13. The lowest BCUT2D eigenvalue weighted by Gasteiger charge is -2.00. The molecule has 4 nitrogen and oxygen atoms in total. The van der Waals surface area contributed by atoms with Crippen LogP contribution < -0.4 is 0 Å². The van der Waals surface area contributed by atoms with Gasteiger partial charge in [0.25, 0.3) is 5.69 Å². The lowest BCUT2D eigenvalue weighted by molar-refractivity contribution is -0.387. The lowest BCUT2D eigenvalue weighted by Crippen LogP contribution is -1.92. The van der Waals surface area contributed by atoms with Crippen molar-refractivity contribution < 1.29 is 10.0 Å². The van der Waals surface area contributed by atoms with Gasteiger partial charge in [0, 0.05) is 6.07 Å². The van der Waals surface area contributed by atoms with Crippen molar-refractivity contribution in [2.45, 2.75) is 4.90 Å². The van der Waals surface area contributed by atoms with E-state index in [2.05, 4.69) is 0 Å². The van der Waals surface area contributed by atoms with Crippen molar-refractivity contribution in [3.05, 3.63) is 40.5 Å². The van der Waals surface area contributed by atoms with Crippen LogP contribution in [0.5, 0.6) is 0 Å². The van der Waals surface area contributed by atoms with Crippen molar-refractivity contribution in [2.75, 3.05) is 6.26 Å². The topological polar surface area (TPSA) is 63.4 Å². The molecule has 1 N–H and O–H groups in total. The summed E-state index contributed by atoms with van der Waals surface area (Å²) in [7, 11) is 0. The van der Waals surface area contributed by atoms with Gasteiger partial charge in [-0.1, -0.05) is 6.07 Å². The maximum Gasteiger partial charge on any atom is 0.283 e. The second kappa shape index (κ2) is 4.25. The zero-order chi connectivity index (χ0) is 9.84. The summed E-state index contributed by atoms with van der Waals surface area (Å²) in [6.45, 7) is 0.844. The Morgan fingerprint density at radius 3 is 2.77 bits per heavy atom. The van der Waals surface area contributed by atoms with Gasteiger partial charge in [0.15, 0.2) is 0 Å². The summed E-state index contributed by atoms with van der Waals surface area (Å²) in [4.78, 5) is 10.7. The molecule has 0 fully saturated rings. The molecule has 0 aliphatic carbocycles. The largest absolute Gasteiger partial charge is 0.385 e. The number of benzene rings is 1. The molecule has 69 valence electrons. The number of nitrogens with zero attached hydrogens (tertiary/aromatic N) is 1. The number of rotatable bonds is 3. The van der Waals surface area contributed by atoms with Crippen LogP contribution in [0.2, 0.25) is 0 Å². The van der Waals surface area contributed by atoms with Crippen molar-refractivity contribution >= 4 is 17.4 Å². The molecular weight excluding hydrogens is 190 g/mol. The quantitative estimate of drug-likeness (QED) is 0.459. The van der Waals surface area contributed by atoms with E-state index in [0.29, 0.717) is 10.5 Å². The van der Waals surface area contributed by atoms with Crippen molar-refractivity contribution in [1.82, 2.24) is 0 Å². The van der Waals surface area contributed by atoms with Crippen molar-refractivity contribution in [2.24, 2.45) is 0 Å². The summed E-state index contributed by atoms with van der Waals surface area (Å²) in [6.07, 6.45) is 1.77. The van der Waals surface area contributed by atoms with Gasteiger partial charge in [-0.15, -0.1) is 11.8 Å². The number of nitro benzene ring substituents is 1. The van der Waals surface area contributed by atoms with Crippen LogP contribution in [0.3, 0.4) is 0 Å². The second-order valence-electron chi connectivity index (χ2n) is 2.32. The Labute approximate surface area is 79.7 Å². The molecule has 13 heavy (non-hydrogen) atoms. The van der Waals surface area contributed by atoms with Crippen LogP contribution in [0.1, 0.15) is 5.56 Å². The molecule has 1 radical (unpaired) electrons. The first-order chi connectivity index (χ1) is 6.19. The summed E-state index contributed by atoms with van der Waals surface area (Å²) in [5, 5.41) is 19.2. The fraction of sp³-hybridized carbons (Fsp3) is 0.125. The van der Waals surface area contributed by atoms with Gasteiger partial charge in [0.05, 0.1) is 9.82 Å². The predicted molar refractivity (Wildman–Crippen MR) is 50.2 cm³/mol. The Balaban J connectivity index is 3.18. The Hall–Kier alpha value is -1.07. The predicted octanol–water partition coefficient (Wildman–Crippen LogP) is 2.20. The monoisotopic (exact) mass is 198 g/mol. The third-order valence-corrected chi connectivity index (χ3v) is 2.33. The van der Waals surface area contributed by atoms with Crippen LogP contribution in [0.15, 0.2) is 23.1 Å². The molecule has 0 aliphatic heterocycles. The van der Waals surface area contributed by atoms with E-state index >= 15 is 0 Å². The molecule has 0 aromatic heterocycles.